The minimum absolute atomic E-state index is 0.00419. The van der Waals surface area contributed by atoms with Crippen LogP contribution in [0.2, 0.25) is 0 Å². The molecule has 2 bridgehead atoms. The van der Waals surface area contributed by atoms with Crippen LogP contribution in [0.3, 0.4) is 0 Å². The van der Waals surface area contributed by atoms with Crippen molar-refractivity contribution in [1.82, 2.24) is 10.3 Å². The second-order valence-electron chi connectivity index (χ2n) is 28.7. The number of allylic oxidation sites excluding steroid dienone is 3. The zero-order valence-corrected chi connectivity index (χ0v) is 52.0. The van der Waals surface area contributed by atoms with Gasteiger partial charge >= 0.3 is 5.97 Å². The topological polar surface area (TPSA) is 294 Å². The number of carbonyl (C=O) groups is 3. The number of benzene rings is 1. The zero-order chi connectivity index (χ0) is 60.6. The molecule has 22 atom stereocenters. The number of esters is 1. The number of guanidine groups is 1. The molecule has 2 aromatic rings. The van der Waals surface area contributed by atoms with Crippen molar-refractivity contribution in [3.05, 3.63) is 76.8 Å². The fourth-order valence-electron chi connectivity index (χ4n) is 20.6. The lowest BCUT2D eigenvalue weighted by Gasteiger charge is -2.66. The Balaban J connectivity index is 1.05. The normalized spacial score (nSPS) is 43.8. The number of cyclic esters (lactones) is 1. The highest BCUT2D eigenvalue weighted by molar-refractivity contribution is 8.76. The number of ether oxygens (including phenoxy) is 1. The summed E-state index contributed by atoms with van der Waals surface area (Å²) >= 11 is 0. The molecule has 86 heavy (non-hydrogen) atoms. The van der Waals surface area contributed by atoms with Crippen molar-refractivity contribution in [2.24, 2.45) is 104 Å². The van der Waals surface area contributed by atoms with Crippen LogP contribution in [0.5, 0.6) is 5.75 Å². The molecule has 8 aliphatic carbocycles. The van der Waals surface area contributed by atoms with Crippen LogP contribution in [-0.4, -0.2) is 131 Å². The molecule has 12 rings (SSSR count). The van der Waals surface area contributed by atoms with Crippen LogP contribution in [0, 0.1) is 99.6 Å². The summed E-state index contributed by atoms with van der Waals surface area (Å²) in [7, 11) is 3.06. The molecule has 0 unspecified atom stereocenters. The molecule has 13 N–H and O–H groups in total. The van der Waals surface area contributed by atoms with Crippen LogP contribution in [0.25, 0.3) is 0 Å². The first-order valence-electron chi connectivity index (χ1n) is 32.5. The summed E-state index contributed by atoms with van der Waals surface area (Å²) in [4.78, 5) is 53.4. The maximum Gasteiger partial charge on any atom is 0.313 e. The van der Waals surface area contributed by atoms with E-state index in [4.69, 9.17) is 16.2 Å². The number of Topliss-reactive ketones (excluding diaryl/α,β-unsaturated/α-hetero) is 2. The maximum atomic E-state index is 16.7. The van der Waals surface area contributed by atoms with Crippen molar-refractivity contribution >= 4 is 45.1 Å². The van der Waals surface area contributed by atoms with Gasteiger partial charge in [0.2, 0.25) is 0 Å². The van der Waals surface area contributed by atoms with E-state index in [1.54, 1.807) is 31.2 Å². The summed E-state index contributed by atoms with van der Waals surface area (Å²) in [5.74, 6) is 3.33. The average Bonchev–Trinajstić information content (AvgIpc) is 1.34. The molecule has 7 fully saturated rings. The Hall–Kier alpha value is -4.32. The predicted molar refractivity (Wildman–Crippen MR) is 332 cm³/mol. The number of nitrogens with two attached hydrogens (primary N) is 2. The number of H-pyrrole nitrogens is 1. The van der Waals surface area contributed by atoms with Crippen LogP contribution in [0.15, 0.2) is 70.6 Å². The van der Waals surface area contributed by atoms with Gasteiger partial charge in [-0.3, -0.25) is 19.4 Å². The number of hydrogen-bond acceptors (Lipinski definition) is 15. The third kappa shape index (κ3) is 10.6. The SMILES string of the molecule is C[C@H]1CCC2=CC[C@@H]3[C@@H](C[C@@H]([C@@H]4COC(=O)[C@@H]4c4cc[nH]c4)C#CC[C@H]4C[C@@]5(O)C6=C7N[C@H](CO)C(=O)C[C@H](c8ccc(O)cc8)CSSC[C@H]8[C@@H](O)[C@@H](O)C[C@@](C9CCCC9)([C@@H]8C7=O)[C@H]6CC[C@]5(CCN=C(N)N)[C@H]4[C@@](C)(O)[C@H](O)C[C@H]3C)[C@@H]2C1. The van der Waals surface area contributed by atoms with Gasteiger partial charge in [0, 0.05) is 84.2 Å². The number of aromatic hydroxyl groups is 1. The highest BCUT2D eigenvalue weighted by atomic mass is 33.1. The molecule has 0 radical (unpaired) electrons. The molecule has 1 aromatic carbocycles. The molecule has 10 aliphatic rings. The third-order valence-corrected chi connectivity index (χ3v) is 27.0. The van der Waals surface area contributed by atoms with E-state index in [1.165, 1.54) is 27.2 Å². The number of phenolic OH excluding ortho intramolecular Hbond substituents is 1. The van der Waals surface area contributed by atoms with Crippen molar-refractivity contribution in [3.63, 3.8) is 0 Å². The van der Waals surface area contributed by atoms with E-state index in [1.807, 2.05) is 18.5 Å². The number of aromatic nitrogens is 1. The van der Waals surface area contributed by atoms with Crippen LogP contribution < -0.4 is 16.8 Å². The first kappa shape index (κ1) is 61.9. The van der Waals surface area contributed by atoms with E-state index in [0.717, 1.165) is 68.9 Å². The van der Waals surface area contributed by atoms with Gasteiger partial charge in [-0.25, -0.2) is 0 Å². The number of aromatic amines is 1. The van der Waals surface area contributed by atoms with Gasteiger partial charge in [-0.2, -0.15) is 0 Å². The minimum Gasteiger partial charge on any atom is -0.508 e. The molecule has 2 aliphatic heterocycles. The Bertz CT molecular complexity index is 3000. The van der Waals surface area contributed by atoms with Crippen molar-refractivity contribution in [3.8, 4) is 17.6 Å². The van der Waals surface area contributed by atoms with E-state index in [2.05, 4.69) is 47.1 Å². The fourth-order valence-corrected chi connectivity index (χ4v) is 23.4. The summed E-state index contributed by atoms with van der Waals surface area (Å²) < 4.78 is 5.99. The lowest BCUT2D eigenvalue weighted by molar-refractivity contribution is -0.203. The summed E-state index contributed by atoms with van der Waals surface area (Å²) in [6, 6.07) is 7.40. The zero-order valence-electron chi connectivity index (χ0n) is 50.3. The largest absolute Gasteiger partial charge is 0.508 e. The van der Waals surface area contributed by atoms with E-state index >= 15 is 14.7 Å². The van der Waals surface area contributed by atoms with Gasteiger partial charge in [0.05, 0.1) is 54.3 Å². The van der Waals surface area contributed by atoms with Gasteiger partial charge in [-0.05, 0) is 178 Å². The molecule has 0 spiro atoms. The third-order valence-electron chi connectivity index (χ3n) is 24.4. The first-order valence-corrected chi connectivity index (χ1v) is 34.9. The van der Waals surface area contributed by atoms with Crippen LogP contribution in [0.4, 0.5) is 0 Å². The Morgan fingerprint density at radius 2 is 1.67 bits per heavy atom. The fraction of sp³-hybridized carbons (Fsp3) is 0.706. The number of aliphatic imine (C=N–C) groups is 1. The van der Waals surface area contributed by atoms with Crippen LogP contribution in [-0.2, 0) is 19.1 Å². The van der Waals surface area contributed by atoms with Gasteiger partial charge in [-0.1, -0.05) is 78.0 Å². The smallest absolute Gasteiger partial charge is 0.313 e. The van der Waals surface area contributed by atoms with Crippen molar-refractivity contribution in [2.45, 2.75) is 177 Å². The molecule has 18 heteroatoms. The second kappa shape index (κ2) is 24.5. The molecule has 468 valence electrons. The second-order valence-corrected chi connectivity index (χ2v) is 31.3. The summed E-state index contributed by atoms with van der Waals surface area (Å²) in [5, 5.41) is 92.2. The number of nitrogens with one attached hydrogen (secondary N) is 2. The van der Waals surface area contributed by atoms with Crippen molar-refractivity contribution in [1.29, 1.82) is 0 Å². The van der Waals surface area contributed by atoms with E-state index in [-0.39, 0.29) is 128 Å². The molecule has 0 amide bonds. The van der Waals surface area contributed by atoms with Gasteiger partial charge in [0.1, 0.15) is 11.8 Å². The number of aliphatic hydroxyl groups excluding tert-OH is 4. The number of carbonyl (C=O) groups excluding carboxylic acids is 3. The van der Waals surface area contributed by atoms with E-state index in [9.17, 15) is 35.4 Å². The first-order chi connectivity index (χ1) is 41.2. The molecule has 5 saturated carbocycles. The molecular weight excluding hydrogens is 1130 g/mol. The van der Waals surface area contributed by atoms with Crippen molar-refractivity contribution in [2.75, 3.05) is 31.3 Å². The van der Waals surface area contributed by atoms with E-state index in [0.29, 0.717) is 41.8 Å². The minimum atomic E-state index is -1.96. The van der Waals surface area contributed by atoms with Crippen LogP contribution in [0.1, 0.15) is 153 Å². The lowest BCUT2D eigenvalue weighted by atomic mass is 9.40. The molecule has 2 saturated heterocycles. The van der Waals surface area contributed by atoms with Gasteiger partial charge < -0.3 is 62.3 Å². The maximum absolute atomic E-state index is 16.7. The lowest BCUT2D eigenvalue weighted by Crippen LogP contribution is -2.69. The molecule has 3 heterocycles. The Kier molecular flexibility index (Phi) is 17.6. The number of ketones is 2. The predicted octanol–water partition coefficient (Wildman–Crippen LogP) is 7.41. The standard InChI is InChI=1S/C68H93N5O11S2/c1-36-11-12-39-15-18-46-37(2)26-55(78)65(3,82)62-41(8-6-7-40(27-48(46)47(39)25-36)49-33-84-63(81)56(49)42-20-23-71-31-42)29-68(83)58-51(19-21-66(62,68)22-24-72-64(69)70)67(44-9-4-5-10-44)30-54(77)60(79)50-35-86-85-34-43(38-13-16-45(75)17-14-38)28-53(76)52(32-74)73-59(58)61(80)57(50)67/h13-17,20,23,31,36-37,40-41,43-44,46-52,54-57,60,62,71,73-75,77-79,82-83H,4-5,8-12,18-19,21-22,24-30,32-35H2,1-3H3,(H4,69,70,72)/t36-,37+,40-,41-,43-,46-,47+,48+,49-,50+,51-,52+,54-,55+,56+,57-,60+,62+,65-,66-,67-,68+/m0/s1. The number of hydrogen-bond donors (Lipinski definition) is 11. The number of phenols is 1. The van der Waals surface area contributed by atoms with Gasteiger partial charge in [0.15, 0.2) is 17.5 Å². The quantitative estimate of drug-likeness (QED) is 0.0306. The monoisotopic (exact) mass is 1220 g/mol. The average molecular weight is 1220 g/mol. The summed E-state index contributed by atoms with van der Waals surface area (Å²) in [5.41, 5.74) is 9.79. The number of fused-ring (bicyclic) bond motifs is 10. The number of aliphatic hydroxyl groups is 6. The number of rotatable bonds is 8. The van der Waals surface area contributed by atoms with E-state index < -0.39 is 88.5 Å². The van der Waals surface area contributed by atoms with Gasteiger partial charge in [-0.15, -0.1) is 5.92 Å². The summed E-state index contributed by atoms with van der Waals surface area (Å²) in [6.07, 6.45) is 12.0. The molecule has 16 nitrogen and oxygen atoms in total. The number of nitrogens with zero attached hydrogens (tertiary/aromatic N) is 1. The molecule has 1 aromatic heterocycles. The van der Waals surface area contributed by atoms with Gasteiger partial charge in [0.25, 0.3) is 0 Å². The highest BCUT2D eigenvalue weighted by Gasteiger charge is 2.76. The Morgan fingerprint density at radius 3 is 2.41 bits per heavy atom. The highest BCUT2D eigenvalue weighted by Crippen LogP contribution is 2.75. The Labute approximate surface area is 514 Å². The van der Waals surface area contributed by atoms with Crippen LogP contribution >= 0.6 is 21.6 Å². The Morgan fingerprint density at radius 1 is 0.907 bits per heavy atom. The summed E-state index contributed by atoms with van der Waals surface area (Å²) in [6.45, 7) is 5.87. The van der Waals surface area contributed by atoms with Crippen molar-refractivity contribution < 1.29 is 54.9 Å². The molecular formula is C68H93N5O11S2.